The first-order chi connectivity index (χ1) is 11.1. The first-order valence-corrected chi connectivity index (χ1v) is 8.50. The summed E-state index contributed by atoms with van der Waals surface area (Å²) in [5, 5.41) is 3.87. The fourth-order valence-corrected chi connectivity index (χ4v) is 3.05. The highest BCUT2D eigenvalue weighted by Gasteiger charge is 2.28. The molecule has 0 aromatic carbocycles. The van der Waals surface area contributed by atoms with Gasteiger partial charge in [-0.25, -0.2) is 5.43 Å². The molecule has 2 rings (SSSR count). The van der Waals surface area contributed by atoms with Gasteiger partial charge in [-0.2, -0.15) is 5.10 Å². The van der Waals surface area contributed by atoms with Crippen LogP contribution in [-0.2, 0) is 14.4 Å². The highest BCUT2D eigenvalue weighted by Crippen LogP contribution is 2.15. The number of hydrogen-bond acceptors (Lipinski definition) is 4. The molecule has 2 heterocycles. The lowest BCUT2D eigenvalue weighted by Crippen LogP contribution is -2.43. The minimum absolute atomic E-state index is 0.0789. The molecule has 128 valence electrons. The summed E-state index contributed by atoms with van der Waals surface area (Å²) in [6.45, 7) is 6.49. The Kier molecular flexibility index (Phi) is 6.12. The van der Waals surface area contributed by atoms with E-state index in [1.807, 2.05) is 18.7 Å². The van der Waals surface area contributed by atoms with E-state index in [1.54, 1.807) is 4.90 Å². The maximum atomic E-state index is 12.5. The van der Waals surface area contributed by atoms with Crippen LogP contribution in [0.1, 0.15) is 46.0 Å². The molecular formula is C16H26N4O3. The zero-order valence-corrected chi connectivity index (χ0v) is 14.0. The van der Waals surface area contributed by atoms with Crippen molar-refractivity contribution < 1.29 is 14.4 Å². The van der Waals surface area contributed by atoms with Gasteiger partial charge in [-0.3, -0.25) is 14.4 Å². The van der Waals surface area contributed by atoms with E-state index in [-0.39, 0.29) is 23.6 Å². The summed E-state index contributed by atoms with van der Waals surface area (Å²) < 4.78 is 0. The molecule has 0 unspecified atom stereocenters. The Morgan fingerprint density at radius 1 is 1.09 bits per heavy atom. The zero-order chi connectivity index (χ0) is 16.8. The quantitative estimate of drug-likeness (QED) is 0.829. The van der Waals surface area contributed by atoms with E-state index in [0.29, 0.717) is 44.7 Å². The van der Waals surface area contributed by atoms with Crippen LogP contribution < -0.4 is 5.43 Å². The number of carbonyl (C=O) groups is 3. The molecule has 7 nitrogen and oxygen atoms in total. The Balaban J connectivity index is 1.94. The van der Waals surface area contributed by atoms with Crippen LogP contribution >= 0.6 is 0 Å². The van der Waals surface area contributed by atoms with Gasteiger partial charge >= 0.3 is 0 Å². The van der Waals surface area contributed by atoms with Crippen molar-refractivity contribution in [1.82, 2.24) is 15.2 Å². The summed E-state index contributed by atoms with van der Waals surface area (Å²) in [7, 11) is 0. The Morgan fingerprint density at radius 3 is 2.35 bits per heavy atom. The molecule has 1 saturated heterocycles. The summed E-state index contributed by atoms with van der Waals surface area (Å²) in [4.78, 5) is 39.7. The van der Waals surface area contributed by atoms with E-state index >= 15 is 0 Å². The van der Waals surface area contributed by atoms with Crippen molar-refractivity contribution in [3.05, 3.63) is 0 Å². The summed E-state index contributed by atoms with van der Waals surface area (Å²) in [5.41, 5.74) is 2.77. The average Bonchev–Trinajstić information content (AvgIpc) is 2.82. The Hall–Kier alpha value is -1.92. The van der Waals surface area contributed by atoms with E-state index in [1.165, 1.54) is 0 Å². The number of hydrogen-bond donors (Lipinski definition) is 1. The number of nitrogens with zero attached hydrogens (tertiary/aromatic N) is 3. The van der Waals surface area contributed by atoms with Gasteiger partial charge in [0.15, 0.2) is 0 Å². The van der Waals surface area contributed by atoms with Crippen molar-refractivity contribution in [3.8, 4) is 0 Å². The number of nitrogens with one attached hydrogen (secondary N) is 1. The monoisotopic (exact) mass is 322 g/mol. The number of amides is 3. The summed E-state index contributed by atoms with van der Waals surface area (Å²) in [6, 6.07) is 0. The van der Waals surface area contributed by atoms with Gasteiger partial charge in [0, 0.05) is 44.9 Å². The fourth-order valence-electron chi connectivity index (χ4n) is 3.05. The summed E-state index contributed by atoms with van der Waals surface area (Å²) in [6.07, 6.45) is 3.17. The van der Waals surface area contributed by atoms with Gasteiger partial charge in [-0.05, 0) is 19.3 Å². The van der Waals surface area contributed by atoms with Gasteiger partial charge < -0.3 is 9.80 Å². The zero-order valence-electron chi connectivity index (χ0n) is 14.0. The maximum Gasteiger partial charge on any atom is 0.270 e. The molecule has 2 aliphatic heterocycles. The third-order valence-electron chi connectivity index (χ3n) is 4.58. The van der Waals surface area contributed by atoms with Crippen LogP contribution in [0.2, 0.25) is 0 Å². The Bertz CT molecular complexity index is 500. The van der Waals surface area contributed by atoms with E-state index in [0.717, 1.165) is 19.3 Å². The SMILES string of the molecule is CCC(CC)C(=O)N1CCCN(C(=O)C2=NNC(=O)CC2)CC1. The topological polar surface area (TPSA) is 82.1 Å². The molecule has 0 saturated carbocycles. The van der Waals surface area contributed by atoms with Gasteiger partial charge in [0.05, 0.1) is 0 Å². The van der Waals surface area contributed by atoms with Crippen molar-refractivity contribution in [1.29, 1.82) is 0 Å². The minimum Gasteiger partial charge on any atom is -0.341 e. The van der Waals surface area contributed by atoms with Crippen LogP contribution in [0.4, 0.5) is 0 Å². The molecule has 0 aromatic rings. The van der Waals surface area contributed by atoms with Crippen LogP contribution in [0.25, 0.3) is 0 Å². The lowest BCUT2D eigenvalue weighted by atomic mass is 10.0. The highest BCUT2D eigenvalue weighted by molar-refractivity contribution is 6.39. The predicted molar refractivity (Wildman–Crippen MR) is 86.7 cm³/mol. The molecule has 0 spiro atoms. The van der Waals surface area contributed by atoms with Crippen LogP contribution in [0.3, 0.4) is 0 Å². The molecule has 2 aliphatic rings. The standard InChI is InChI=1S/C16H26N4O3/c1-3-12(4-2)15(22)19-8-5-9-20(11-10-19)16(23)13-6-7-14(21)18-17-13/h12H,3-11H2,1-2H3,(H,18,21). The Morgan fingerprint density at radius 2 is 1.74 bits per heavy atom. The van der Waals surface area contributed by atoms with E-state index < -0.39 is 0 Å². The molecule has 23 heavy (non-hydrogen) atoms. The van der Waals surface area contributed by atoms with Crippen molar-refractivity contribution >= 4 is 23.4 Å². The molecule has 0 radical (unpaired) electrons. The van der Waals surface area contributed by atoms with E-state index in [2.05, 4.69) is 10.5 Å². The van der Waals surface area contributed by atoms with Crippen LogP contribution in [0.15, 0.2) is 5.10 Å². The molecule has 3 amide bonds. The van der Waals surface area contributed by atoms with Gasteiger partial charge in [-0.1, -0.05) is 13.8 Å². The minimum atomic E-state index is -0.153. The van der Waals surface area contributed by atoms with Crippen LogP contribution in [0.5, 0.6) is 0 Å². The molecule has 1 N–H and O–H groups in total. The average molecular weight is 322 g/mol. The fraction of sp³-hybridized carbons (Fsp3) is 0.750. The third kappa shape index (κ3) is 4.30. The van der Waals surface area contributed by atoms with Gasteiger partial charge in [0.25, 0.3) is 5.91 Å². The van der Waals surface area contributed by atoms with E-state index in [9.17, 15) is 14.4 Å². The normalized spacial score (nSPS) is 19.3. The molecule has 7 heteroatoms. The van der Waals surface area contributed by atoms with Crippen molar-refractivity contribution in [3.63, 3.8) is 0 Å². The number of hydrazone groups is 1. The van der Waals surface area contributed by atoms with Crippen molar-refractivity contribution in [2.24, 2.45) is 11.0 Å². The lowest BCUT2D eigenvalue weighted by Gasteiger charge is -2.25. The molecule has 0 aromatic heterocycles. The molecule has 0 atom stereocenters. The second-order valence-electron chi connectivity index (χ2n) is 6.08. The second-order valence-corrected chi connectivity index (χ2v) is 6.08. The molecular weight excluding hydrogens is 296 g/mol. The van der Waals surface area contributed by atoms with Crippen LogP contribution in [0, 0.1) is 5.92 Å². The second kappa shape index (κ2) is 8.08. The maximum absolute atomic E-state index is 12.5. The number of carbonyl (C=O) groups excluding carboxylic acids is 3. The van der Waals surface area contributed by atoms with Gasteiger partial charge in [0.1, 0.15) is 5.71 Å². The van der Waals surface area contributed by atoms with Gasteiger partial charge in [0.2, 0.25) is 11.8 Å². The summed E-state index contributed by atoms with van der Waals surface area (Å²) in [5.74, 6) is 0.00273. The lowest BCUT2D eigenvalue weighted by molar-refractivity contribution is -0.136. The van der Waals surface area contributed by atoms with Gasteiger partial charge in [-0.15, -0.1) is 0 Å². The smallest absolute Gasteiger partial charge is 0.270 e. The first-order valence-electron chi connectivity index (χ1n) is 8.50. The molecule has 0 bridgehead atoms. The van der Waals surface area contributed by atoms with E-state index in [4.69, 9.17) is 0 Å². The summed E-state index contributed by atoms with van der Waals surface area (Å²) >= 11 is 0. The predicted octanol–water partition coefficient (Wildman–Crippen LogP) is 0.750. The number of rotatable bonds is 4. The largest absolute Gasteiger partial charge is 0.341 e. The molecule has 0 aliphatic carbocycles. The molecule has 1 fully saturated rings. The third-order valence-corrected chi connectivity index (χ3v) is 4.58. The highest BCUT2D eigenvalue weighted by atomic mass is 16.2. The van der Waals surface area contributed by atoms with Crippen molar-refractivity contribution in [2.75, 3.05) is 26.2 Å². The van der Waals surface area contributed by atoms with Crippen LogP contribution in [-0.4, -0.2) is 59.4 Å². The Labute approximate surface area is 137 Å². The first kappa shape index (κ1) is 17.4. The van der Waals surface area contributed by atoms with Crippen molar-refractivity contribution in [2.45, 2.75) is 46.0 Å².